The Morgan fingerprint density at radius 3 is 2.65 bits per heavy atom. The first-order chi connectivity index (χ1) is 12.4. The molecule has 3 rings (SSSR count). The topological polar surface area (TPSA) is 82.1 Å². The number of ether oxygens (including phenoxy) is 3. The van der Waals surface area contributed by atoms with Gasteiger partial charge in [-0.05, 0) is 35.0 Å². The fourth-order valence-corrected chi connectivity index (χ4v) is 3.11. The molecule has 0 spiro atoms. The van der Waals surface area contributed by atoms with E-state index in [0.29, 0.717) is 5.75 Å². The van der Waals surface area contributed by atoms with Gasteiger partial charge >= 0.3 is 0 Å². The van der Waals surface area contributed by atoms with Crippen LogP contribution in [0.25, 0.3) is 10.8 Å². The molecule has 140 valence electrons. The third-order valence-electron chi connectivity index (χ3n) is 4.09. The number of methoxy groups -OCH3 is 1. The lowest BCUT2D eigenvalue weighted by molar-refractivity contribution is -0.124. The Kier molecular flexibility index (Phi) is 5.45. The van der Waals surface area contributed by atoms with Crippen LogP contribution in [0, 0.1) is 0 Å². The molecule has 1 aliphatic heterocycles. The molecule has 1 saturated heterocycles. The van der Waals surface area contributed by atoms with E-state index >= 15 is 0 Å². The Bertz CT molecular complexity index is 911. The van der Waals surface area contributed by atoms with Gasteiger partial charge in [0, 0.05) is 19.1 Å². The van der Waals surface area contributed by atoms with Crippen LogP contribution in [0.4, 0.5) is 5.69 Å². The number of carbonyl (C=O) groups is 1. The second kappa shape index (κ2) is 7.61. The average Bonchev–Trinajstić information content (AvgIpc) is 2.94. The molecule has 8 heteroatoms. The summed E-state index contributed by atoms with van der Waals surface area (Å²) in [6.07, 6.45) is 0.611. The van der Waals surface area contributed by atoms with Crippen molar-refractivity contribution in [1.29, 1.82) is 0 Å². The Hall–Kier alpha value is -2.16. The monoisotopic (exact) mass is 379 g/mol. The van der Waals surface area contributed by atoms with Crippen LogP contribution in [0.1, 0.15) is 0 Å². The second-order valence-electron chi connectivity index (χ2n) is 6.18. The third-order valence-corrected chi connectivity index (χ3v) is 5.00. The van der Waals surface area contributed by atoms with Gasteiger partial charge in [0.1, 0.15) is 19.1 Å². The summed E-state index contributed by atoms with van der Waals surface area (Å²) >= 11 is 0. The minimum absolute atomic E-state index is 0.0241. The summed E-state index contributed by atoms with van der Waals surface area (Å²) in [6, 6.07) is 11.2. The van der Waals surface area contributed by atoms with E-state index in [4.69, 9.17) is 14.2 Å². The summed E-state index contributed by atoms with van der Waals surface area (Å²) in [5.74, 6) is 0.463. The van der Waals surface area contributed by atoms with Gasteiger partial charge in [0.15, 0.2) is 15.9 Å². The van der Waals surface area contributed by atoms with E-state index in [-0.39, 0.29) is 31.6 Å². The van der Waals surface area contributed by atoms with E-state index in [2.05, 4.69) is 0 Å². The van der Waals surface area contributed by atoms with Gasteiger partial charge in [-0.3, -0.25) is 9.69 Å². The smallest absolute Gasteiger partial charge is 0.260 e. The lowest BCUT2D eigenvalue weighted by Gasteiger charge is -2.15. The average molecular weight is 379 g/mol. The largest absolute Gasteiger partial charge is 0.493 e. The molecule has 0 radical (unpaired) electrons. The molecule has 1 unspecified atom stereocenters. The van der Waals surface area contributed by atoms with Crippen LogP contribution in [0.2, 0.25) is 0 Å². The molecule has 0 aliphatic carbocycles. The van der Waals surface area contributed by atoms with Gasteiger partial charge in [-0.15, -0.1) is 0 Å². The molecule has 1 aliphatic rings. The minimum Gasteiger partial charge on any atom is -0.493 e. The van der Waals surface area contributed by atoms with Crippen molar-refractivity contribution in [3.63, 3.8) is 0 Å². The molecule has 1 heterocycles. The number of rotatable bonds is 7. The SMILES string of the molecule is COCC1OCN(c2ccc3cc(OCCS(C)(=O)=O)ccc3c2)C1=O. The van der Waals surface area contributed by atoms with E-state index in [0.717, 1.165) is 16.5 Å². The van der Waals surface area contributed by atoms with Gasteiger partial charge in [-0.25, -0.2) is 8.42 Å². The first-order valence-electron chi connectivity index (χ1n) is 8.13. The van der Waals surface area contributed by atoms with E-state index in [1.54, 1.807) is 11.0 Å². The lowest BCUT2D eigenvalue weighted by atomic mass is 10.1. The number of carbonyl (C=O) groups excluding carboxylic acids is 1. The van der Waals surface area contributed by atoms with Gasteiger partial charge in [0.25, 0.3) is 5.91 Å². The second-order valence-corrected chi connectivity index (χ2v) is 8.44. The lowest BCUT2D eigenvalue weighted by Crippen LogP contribution is -2.31. The molecule has 7 nitrogen and oxygen atoms in total. The number of benzene rings is 2. The van der Waals surface area contributed by atoms with Crippen molar-refractivity contribution >= 4 is 32.2 Å². The third kappa shape index (κ3) is 4.32. The van der Waals surface area contributed by atoms with Gasteiger partial charge < -0.3 is 14.2 Å². The highest BCUT2D eigenvalue weighted by molar-refractivity contribution is 7.90. The van der Waals surface area contributed by atoms with Crippen LogP contribution < -0.4 is 9.64 Å². The van der Waals surface area contributed by atoms with E-state index < -0.39 is 15.9 Å². The van der Waals surface area contributed by atoms with Crippen molar-refractivity contribution in [2.24, 2.45) is 0 Å². The van der Waals surface area contributed by atoms with Crippen molar-refractivity contribution in [2.45, 2.75) is 6.10 Å². The summed E-state index contributed by atoms with van der Waals surface area (Å²) in [5.41, 5.74) is 0.756. The van der Waals surface area contributed by atoms with E-state index in [1.165, 1.54) is 13.4 Å². The molecule has 1 fully saturated rings. The van der Waals surface area contributed by atoms with Crippen molar-refractivity contribution in [1.82, 2.24) is 0 Å². The van der Waals surface area contributed by atoms with Crippen LogP contribution in [0.15, 0.2) is 36.4 Å². The summed E-state index contributed by atoms with van der Waals surface area (Å²) in [4.78, 5) is 13.9. The Morgan fingerprint density at radius 1 is 1.19 bits per heavy atom. The Morgan fingerprint density at radius 2 is 1.92 bits per heavy atom. The van der Waals surface area contributed by atoms with Crippen molar-refractivity contribution in [3.8, 4) is 5.75 Å². The molecule has 0 aromatic heterocycles. The van der Waals surface area contributed by atoms with Crippen LogP contribution >= 0.6 is 0 Å². The maximum Gasteiger partial charge on any atom is 0.260 e. The van der Waals surface area contributed by atoms with Gasteiger partial charge in [0.2, 0.25) is 0 Å². The van der Waals surface area contributed by atoms with Gasteiger partial charge in [-0.1, -0.05) is 12.1 Å². The zero-order valence-electron chi connectivity index (χ0n) is 14.7. The van der Waals surface area contributed by atoms with Crippen LogP contribution in [0.3, 0.4) is 0 Å². The predicted octanol–water partition coefficient (Wildman–Crippen LogP) is 1.60. The molecule has 2 aromatic rings. The molecule has 2 aromatic carbocycles. The molecule has 0 saturated carbocycles. The molecule has 1 atom stereocenters. The number of hydrogen-bond donors (Lipinski definition) is 0. The normalized spacial score (nSPS) is 17.8. The highest BCUT2D eigenvalue weighted by atomic mass is 32.2. The maximum atomic E-state index is 12.3. The van der Waals surface area contributed by atoms with E-state index in [9.17, 15) is 13.2 Å². The molecule has 0 bridgehead atoms. The minimum atomic E-state index is -3.05. The summed E-state index contributed by atoms with van der Waals surface area (Å²) in [7, 11) is -1.52. The molecule has 0 N–H and O–H groups in total. The highest BCUT2D eigenvalue weighted by Crippen LogP contribution is 2.28. The maximum absolute atomic E-state index is 12.3. The first kappa shape index (κ1) is 18.6. The number of hydrogen-bond acceptors (Lipinski definition) is 6. The fourth-order valence-electron chi connectivity index (χ4n) is 2.73. The van der Waals surface area contributed by atoms with Gasteiger partial charge in [0.05, 0.1) is 12.4 Å². The van der Waals surface area contributed by atoms with Crippen molar-refractivity contribution in [3.05, 3.63) is 36.4 Å². The number of amides is 1. The molecule has 1 amide bonds. The fraction of sp³-hybridized carbons (Fsp3) is 0.389. The van der Waals surface area contributed by atoms with Crippen LogP contribution in [0.5, 0.6) is 5.75 Å². The van der Waals surface area contributed by atoms with Crippen LogP contribution in [-0.4, -0.2) is 59.5 Å². The first-order valence-corrected chi connectivity index (χ1v) is 10.2. The molecular weight excluding hydrogens is 358 g/mol. The predicted molar refractivity (Wildman–Crippen MR) is 98.3 cm³/mol. The highest BCUT2D eigenvalue weighted by Gasteiger charge is 2.33. The van der Waals surface area contributed by atoms with Crippen LogP contribution in [-0.2, 0) is 24.1 Å². The van der Waals surface area contributed by atoms with Crippen molar-refractivity contribution in [2.75, 3.05) is 44.0 Å². The summed E-state index contributed by atoms with van der Waals surface area (Å²) in [6.45, 7) is 0.547. The Labute approximate surface area is 152 Å². The zero-order chi connectivity index (χ0) is 18.7. The number of fused-ring (bicyclic) bond motifs is 1. The quantitative estimate of drug-likeness (QED) is 0.727. The number of anilines is 1. The summed E-state index contributed by atoms with van der Waals surface area (Å²) in [5, 5.41) is 1.88. The molecule has 26 heavy (non-hydrogen) atoms. The Balaban J connectivity index is 1.74. The standard InChI is InChI=1S/C18H21NO6S/c1-23-11-17-18(20)19(12-25-17)15-5-3-14-10-16(6-4-13(14)9-15)24-7-8-26(2,21)22/h3-6,9-10,17H,7-8,11-12H2,1-2H3. The number of nitrogens with zero attached hydrogens (tertiary/aromatic N) is 1. The zero-order valence-corrected chi connectivity index (χ0v) is 15.5. The number of sulfone groups is 1. The van der Waals surface area contributed by atoms with Crippen molar-refractivity contribution < 1.29 is 27.4 Å². The molecular formula is C18H21NO6S. The van der Waals surface area contributed by atoms with E-state index in [1.807, 2.05) is 30.3 Å². The summed E-state index contributed by atoms with van der Waals surface area (Å²) < 4.78 is 38.3. The van der Waals surface area contributed by atoms with Gasteiger partial charge in [-0.2, -0.15) is 0 Å².